The van der Waals surface area contributed by atoms with E-state index in [1.165, 1.54) is 0 Å². The topological polar surface area (TPSA) is 56.6 Å². The van der Waals surface area contributed by atoms with Gasteiger partial charge in [-0.15, -0.1) is 0 Å². The highest BCUT2D eigenvalue weighted by Crippen LogP contribution is 2.18. The first-order chi connectivity index (χ1) is 7.33. The van der Waals surface area contributed by atoms with Crippen molar-refractivity contribution in [3.63, 3.8) is 0 Å². The molecular weight excluding hydrogens is 188 g/mol. The molecule has 3 heteroatoms. The SMILES string of the molecule is N#Cc1ccc(-c2ccc(C=O)[nH]2)cc1. The lowest BCUT2D eigenvalue weighted by Gasteiger charge is -1.97. The highest BCUT2D eigenvalue weighted by molar-refractivity contribution is 5.75. The van der Waals surface area contributed by atoms with E-state index in [0.717, 1.165) is 17.5 Å². The molecule has 3 nitrogen and oxygen atoms in total. The first-order valence-electron chi connectivity index (χ1n) is 4.48. The van der Waals surface area contributed by atoms with Crippen LogP contribution < -0.4 is 0 Å². The van der Waals surface area contributed by atoms with E-state index in [2.05, 4.69) is 11.1 Å². The zero-order chi connectivity index (χ0) is 10.7. The summed E-state index contributed by atoms with van der Waals surface area (Å²) >= 11 is 0. The number of nitrogens with zero attached hydrogens (tertiary/aromatic N) is 1. The number of aromatic amines is 1. The molecule has 0 bridgehead atoms. The predicted octanol–water partition coefficient (Wildman–Crippen LogP) is 2.37. The van der Waals surface area contributed by atoms with Gasteiger partial charge >= 0.3 is 0 Å². The van der Waals surface area contributed by atoms with Crippen LogP contribution in [0, 0.1) is 11.3 Å². The van der Waals surface area contributed by atoms with Gasteiger partial charge in [-0.2, -0.15) is 5.26 Å². The van der Waals surface area contributed by atoms with Crippen molar-refractivity contribution in [2.24, 2.45) is 0 Å². The highest BCUT2D eigenvalue weighted by Gasteiger charge is 2.00. The van der Waals surface area contributed by atoms with E-state index in [1.54, 1.807) is 18.2 Å². The van der Waals surface area contributed by atoms with Crippen LogP contribution in [0.4, 0.5) is 0 Å². The first kappa shape index (κ1) is 9.22. The molecule has 0 spiro atoms. The van der Waals surface area contributed by atoms with Gasteiger partial charge in [0.25, 0.3) is 0 Å². The molecule has 1 aromatic heterocycles. The average molecular weight is 196 g/mol. The van der Waals surface area contributed by atoms with Gasteiger partial charge in [0.15, 0.2) is 6.29 Å². The van der Waals surface area contributed by atoms with Crippen molar-refractivity contribution >= 4 is 6.29 Å². The van der Waals surface area contributed by atoms with E-state index in [9.17, 15) is 4.79 Å². The number of hydrogen-bond acceptors (Lipinski definition) is 2. The van der Waals surface area contributed by atoms with Crippen molar-refractivity contribution in [1.29, 1.82) is 5.26 Å². The number of rotatable bonds is 2. The molecule has 0 aliphatic heterocycles. The summed E-state index contributed by atoms with van der Waals surface area (Å²) in [5.41, 5.74) is 3.01. The minimum absolute atomic E-state index is 0.550. The molecule has 1 heterocycles. The van der Waals surface area contributed by atoms with Crippen molar-refractivity contribution in [2.75, 3.05) is 0 Å². The second-order valence-corrected chi connectivity index (χ2v) is 3.13. The number of benzene rings is 1. The molecule has 0 radical (unpaired) electrons. The monoisotopic (exact) mass is 196 g/mol. The smallest absolute Gasteiger partial charge is 0.166 e. The van der Waals surface area contributed by atoms with Crippen LogP contribution in [0.1, 0.15) is 16.1 Å². The molecule has 2 aromatic rings. The van der Waals surface area contributed by atoms with Crippen LogP contribution in [0.5, 0.6) is 0 Å². The molecule has 0 unspecified atom stereocenters. The molecule has 0 saturated carbocycles. The highest BCUT2D eigenvalue weighted by atomic mass is 16.1. The molecule has 0 amide bonds. The molecule has 1 N–H and O–H groups in total. The summed E-state index contributed by atoms with van der Waals surface area (Å²) in [4.78, 5) is 13.4. The minimum atomic E-state index is 0.550. The maximum Gasteiger partial charge on any atom is 0.166 e. The summed E-state index contributed by atoms with van der Waals surface area (Å²) in [5, 5.41) is 8.64. The molecule has 0 aliphatic carbocycles. The van der Waals surface area contributed by atoms with Crippen LogP contribution in [0.2, 0.25) is 0 Å². The summed E-state index contributed by atoms with van der Waals surface area (Å²) in [5.74, 6) is 0. The Labute approximate surface area is 87.0 Å². The largest absolute Gasteiger partial charge is 0.352 e. The van der Waals surface area contributed by atoms with E-state index in [1.807, 2.05) is 18.2 Å². The lowest BCUT2D eigenvalue weighted by molar-refractivity contribution is 0.111. The summed E-state index contributed by atoms with van der Waals surface area (Å²) in [6.45, 7) is 0. The normalized spacial score (nSPS) is 9.53. The van der Waals surface area contributed by atoms with Crippen molar-refractivity contribution in [3.05, 3.63) is 47.7 Å². The van der Waals surface area contributed by atoms with Crippen LogP contribution in [0.15, 0.2) is 36.4 Å². The second-order valence-electron chi connectivity index (χ2n) is 3.13. The van der Waals surface area contributed by atoms with Crippen molar-refractivity contribution in [1.82, 2.24) is 4.98 Å². The van der Waals surface area contributed by atoms with Crippen molar-refractivity contribution in [2.45, 2.75) is 0 Å². The van der Waals surface area contributed by atoms with Crippen molar-refractivity contribution < 1.29 is 4.79 Å². The maximum atomic E-state index is 10.5. The van der Waals surface area contributed by atoms with Gasteiger partial charge < -0.3 is 4.98 Å². The number of hydrogen-bond donors (Lipinski definition) is 1. The number of aromatic nitrogens is 1. The number of H-pyrrole nitrogens is 1. The summed E-state index contributed by atoms with van der Waals surface area (Å²) < 4.78 is 0. The molecule has 1 aromatic carbocycles. The van der Waals surface area contributed by atoms with Gasteiger partial charge in [0, 0.05) is 5.69 Å². The number of nitrogens with one attached hydrogen (secondary N) is 1. The summed E-state index contributed by atoms with van der Waals surface area (Å²) in [6.07, 6.45) is 0.771. The first-order valence-corrected chi connectivity index (χ1v) is 4.48. The van der Waals surface area contributed by atoms with Gasteiger partial charge in [-0.1, -0.05) is 12.1 Å². The van der Waals surface area contributed by atoms with E-state index >= 15 is 0 Å². The van der Waals surface area contributed by atoms with Gasteiger partial charge in [0.2, 0.25) is 0 Å². The molecule has 15 heavy (non-hydrogen) atoms. The van der Waals surface area contributed by atoms with Crippen LogP contribution in [0.3, 0.4) is 0 Å². The number of carbonyl (C=O) groups excluding carboxylic acids is 1. The Morgan fingerprint density at radius 1 is 1.13 bits per heavy atom. The Hall–Kier alpha value is -2.34. The Bertz CT molecular complexity index is 517. The van der Waals surface area contributed by atoms with Crippen LogP contribution in [-0.2, 0) is 0 Å². The summed E-state index contributed by atoms with van der Waals surface area (Å²) in [7, 11) is 0. The second kappa shape index (κ2) is 3.81. The molecule has 72 valence electrons. The number of nitriles is 1. The minimum Gasteiger partial charge on any atom is -0.352 e. The fourth-order valence-corrected chi connectivity index (χ4v) is 1.37. The Kier molecular flexibility index (Phi) is 2.34. The standard InChI is InChI=1S/C12H8N2O/c13-7-9-1-3-10(4-2-9)12-6-5-11(8-15)14-12/h1-6,8,14H. The fourth-order valence-electron chi connectivity index (χ4n) is 1.37. The zero-order valence-electron chi connectivity index (χ0n) is 7.90. The van der Waals surface area contributed by atoms with Gasteiger partial charge in [-0.25, -0.2) is 0 Å². The Morgan fingerprint density at radius 3 is 2.40 bits per heavy atom. The van der Waals surface area contributed by atoms with Crippen LogP contribution in [-0.4, -0.2) is 11.3 Å². The number of aldehydes is 1. The Morgan fingerprint density at radius 2 is 1.87 bits per heavy atom. The van der Waals surface area contributed by atoms with Crippen LogP contribution >= 0.6 is 0 Å². The Balaban J connectivity index is 2.37. The summed E-state index contributed by atoms with van der Waals surface area (Å²) in [6, 6.07) is 12.8. The lowest BCUT2D eigenvalue weighted by Crippen LogP contribution is -1.81. The fraction of sp³-hybridized carbons (Fsp3) is 0. The molecular formula is C12H8N2O. The average Bonchev–Trinajstić information content (AvgIpc) is 2.78. The van der Waals surface area contributed by atoms with Gasteiger partial charge in [0.05, 0.1) is 17.3 Å². The van der Waals surface area contributed by atoms with E-state index in [4.69, 9.17) is 5.26 Å². The molecule has 0 atom stereocenters. The van der Waals surface area contributed by atoms with Crippen molar-refractivity contribution in [3.8, 4) is 17.3 Å². The van der Waals surface area contributed by atoms with E-state index in [-0.39, 0.29) is 0 Å². The third-order valence-corrected chi connectivity index (χ3v) is 2.16. The quantitative estimate of drug-likeness (QED) is 0.749. The van der Waals surface area contributed by atoms with E-state index in [0.29, 0.717) is 11.3 Å². The lowest BCUT2D eigenvalue weighted by atomic mass is 10.1. The van der Waals surface area contributed by atoms with Gasteiger partial charge in [0.1, 0.15) is 0 Å². The van der Waals surface area contributed by atoms with Gasteiger partial charge in [-0.3, -0.25) is 4.79 Å². The third kappa shape index (κ3) is 1.79. The number of carbonyl (C=O) groups is 1. The van der Waals surface area contributed by atoms with E-state index < -0.39 is 0 Å². The molecule has 2 rings (SSSR count). The molecule has 0 saturated heterocycles. The maximum absolute atomic E-state index is 10.5. The molecule has 0 fully saturated rings. The van der Waals surface area contributed by atoms with Gasteiger partial charge in [-0.05, 0) is 29.8 Å². The molecule has 0 aliphatic rings. The zero-order valence-corrected chi connectivity index (χ0v) is 7.90. The predicted molar refractivity (Wildman–Crippen MR) is 56.3 cm³/mol. The van der Waals surface area contributed by atoms with Crippen LogP contribution in [0.25, 0.3) is 11.3 Å². The third-order valence-electron chi connectivity index (χ3n) is 2.16.